The van der Waals surface area contributed by atoms with Crippen LogP contribution in [-0.4, -0.2) is 13.1 Å². The standard InChI is InChI=1S/C18H33N/c1-15(2)14-18(12-8-9-13-18)17(19-3)16-10-6-4-5-7-11-16/h10,15,17,19H,4-9,11-14H2,1-3H3. The summed E-state index contributed by atoms with van der Waals surface area (Å²) >= 11 is 0. The van der Waals surface area contributed by atoms with Gasteiger partial charge in [0.25, 0.3) is 0 Å². The predicted octanol–water partition coefficient (Wildman–Crippen LogP) is 5.07. The Morgan fingerprint density at radius 1 is 1.11 bits per heavy atom. The van der Waals surface area contributed by atoms with Crippen molar-refractivity contribution in [1.82, 2.24) is 5.32 Å². The highest BCUT2D eigenvalue weighted by Gasteiger charge is 2.42. The van der Waals surface area contributed by atoms with Crippen LogP contribution in [0.2, 0.25) is 0 Å². The Kier molecular flexibility index (Phi) is 5.50. The third-order valence-electron chi connectivity index (χ3n) is 5.26. The van der Waals surface area contributed by atoms with E-state index in [9.17, 15) is 0 Å². The molecule has 1 nitrogen and oxygen atoms in total. The van der Waals surface area contributed by atoms with Crippen LogP contribution < -0.4 is 5.32 Å². The van der Waals surface area contributed by atoms with Gasteiger partial charge in [-0.25, -0.2) is 0 Å². The fourth-order valence-corrected chi connectivity index (χ4v) is 4.69. The third-order valence-corrected chi connectivity index (χ3v) is 5.26. The van der Waals surface area contributed by atoms with E-state index in [1.165, 1.54) is 64.2 Å². The molecular weight excluding hydrogens is 230 g/mol. The van der Waals surface area contributed by atoms with Gasteiger partial charge in [-0.05, 0) is 63.3 Å². The number of rotatable bonds is 5. The smallest absolute Gasteiger partial charge is 0.0333 e. The normalized spacial score (nSPS) is 25.2. The molecule has 0 aromatic heterocycles. The first-order chi connectivity index (χ1) is 9.18. The maximum absolute atomic E-state index is 3.72. The van der Waals surface area contributed by atoms with Crippen LogP contribution in [0.3, 0.4) is 0 Å². The van der Waals surface area contributed by atoms with Gasteiger partial charge in [-0.1, -0.05) is 44.8 Å². The largest absolute Gasteiger partial charge is 0.313 e. The van der Waals surface area contributed by atoms with E-state index < -0.39 is 0 Å². The molecule has 2 aliphatic carbocycles. The average Bonchev–Trinajstić information content (AvgIpc) is 2.66. The van der Waals surface area contributed by atoms with Crippen LogP contribution >= 0.6 is 0 Å². The summed E-state index contributed by atoms with van der Waals surface area (Å²) in [6.07, 6.45) is 16.6. The summed E-state index contributed by atoms with van der Waals surface area (Å²) in [6, 6.07) is 0.649. The Morgan fingerprint density at radius 2 is 1.84 bits per heavy atom. The van der Waals surface area contributed by atoms with E-state index in [1.807, 2.05) is 0 Å². The second-order valence-electron chi connectivity index (χ2n) is 7.27. The van der Waals surface area contributed by atoms with E-state index in [2.05, 4.69) is 32.3 Å². The molecule has 19 heavy (non-hydrogen) atoms. The molecule has 0 aromatic rings. The minimum Gasteiger partial charge on any atom is -0.313 e. The molecular formula is C18H33N. The Labute approximate surface area is 120 Å². The maximum Gasteiger partial charge on any atom is 0.0333 e. The Bertz CT molecular complexity index is 297. The van der Waals surface area contributed by atoms with Crippen LogP contribution in [0, 0.1) is 11.3 Å². The first-order valence-electron chi connectivity index (χ1n) is 8.54. The SMILES string of the molecule is CNC(C1=CCCCCC1)C1(CC(C)C)CCCC1. The van der Waals surface area contributed by atoms with Gasteiger partial charge in [0.05, 0.1) is 0 Å². The molecule has 0 saturated heterocycles. The van der Waals surface area contributed by atoms with Gasteiger partial charge in [0.15, 0.2) is 0 Å². The lowest BCUT2D eigenvalue weighted by Gasteiger charge is -2.40. The van der Waals surface area contributed by atoms with E-state index in [0.29, 0.717) is 11.5 Å². The highest BCUT2D eigenvalue weighted by atomic mass is 14.9. The second kappa shape index (κ2) is 6.92. The first kappa shape index (κ1) is 15.1. The van der Waals surface area contributed by atoms with Crippen molar-refractivity contribution >= 4 is 0 Å². The van der Waals surface area contributed by atoms with Crippen molar-refractivity contribution in [3.05, 3.63) is 11.6 Å². The van der Waals surface area contributed by atoms with Crippen LogP contribution in [0.4, 0.5) is 0 Å². The molecule has 0 bridgehead atoms. The van der Waals surface area contributed by atoms with Crippen molar-refractivity contribution in [3.8, 4) is 0 Å². The Balaban J connectivity index is 2.18. The van der Waals surface area contributed by atoms with Gasteiger partial charge in [0.1, 0.15) is 0 Å². The lowest BCUT2D eigenvalue weighted by Crippen LogP contribution is -2.44. The zero-order valence-electron chi connectivity index (χ0n) is 13.3. The summed E-state index contributed by atoms with van der Waals surface area (Å²) in [6.45, 7) is 4.79. The number of likely N-dealkylation sites (N-methyl/N-ethyl adjacent to an activating group) is 1. The van der Waals surface area contributed by atoms with Gasteiger partial charge >= 0.3 is 0 Å². The van der Waals surface area contributed by atoms with Crippen LogP contribution in [0.15, 0.2) is 11.6 Å². The minimum absolute atomic E-state index is 0.555. The molecule has 1 atom stereocenters. The Hall–Kier alpha value is -0.300. The molecule has 110 valence electrons. The lowest BCUT2D eigenvalue weighted by molar-refractivity contribution is 0.179. The van der Waals surface area contributed by atoms with Gasteiger partial charge in [-0.2, -0.15) is 0 Å². The van der Waals surface area contributed by atoms with E-state index in [-0.39, 0.29) is 0 Å². The van der Waals surface area contributed by atoms with E-state index >= 15 is 0 Å². The zero-order valence-corrected chi connectivity index (χ0v) is 13.3. The quantitative estimate of drug-likeness (QED) is 0.683. The summed E-state index contributed by atoms with van der Waals surface area (Å²) in [5.74, 6) is 0.820. The highest BCUT2D eigenvalue weighted by molar-refractivity contribution is 5.18. The van der Waals surface area contributed by atoms with Gasteiger partial charge in [-0.15, -0.1) is 0 Å². The van der Waals surface area contributed by atoms with E-state index in [4.69, 9.17) is 0 Å². The van der Waals surface area contributed by atoms with Crippen molar-refractivity contribution in [3.63, 3.8) is 0 Å². The summed E-state index contributed by atoms with van der Waals surface area (Å²) in [7, 11) is 2.19. The van der Waals surface area contributed by atoms with Crippen molar-refractivity contribution < 1.29 is 0 Å². The first-order valence-corrected chi connectivity index (χ1v) is 8.54. The third kappa shape index (κ3) is 3.62. The van der Waals surface area contributed by atoms with Crippen molar-refractivity contribution in [1.29, 1.82) is 0 Å². The molecule has 0 radical (unpaired) electrons. The maximum atomic E-state index is 3.72. The molecule has 0 aromatic carbocycles. The number of hydrogen-bond acceptors (Lipinski definition) is 1. The topological polar surface area (TPSA) is 12.0 Å². The molecule has 2 rings (SSSR count). The van der Waals surface area contributed by atoms with Gasteiger partial charge < -0.3 is 5.32 Å². The molecule has 0 heterocycles. The molecule has 1 unspecified atom stereocenters. The average molecular weight is 263 g/mol. The zero-order chi connectivity index (χ0) is 13.7. The molecule has 0 amide bonds. The summed E-state index contributed by atoms with van der Waals surface area (Å²) in [5, 5.41) is 3.72. The predicted molar refractivity (Wildman–Crippen MR) is 84.4 cm³/mol. The monoisotopic (exact) mass is 263 g/mol. The van der Waals surface area contributed by atoms with Crippen molar-refractivity contribution in [2.24, 2.45) is 11.3 Å². The lowest BCUT2D eigenvalue weighted by atomic mass is 9.69. The number of hydrogen-bond donors (Lipinski definition) is 1. The van der Waals surface area contributed by atoms with Crippen LogP contribution in [0.25, 0.3) is 0 Å². The van der Waals surface area contributed by atoms with Gasteiger partial charge in [0, 0.05) is 6.04 Å². The van der Waals surface area contributed by atoms with Crippen LogP contribution in [-0.2, 0) is 0 Å². The number of nitrogens with one attached hydrogen (secondary N) is 1. The van der Waals surface area contributed by atoms with E-state index in [1.54, 1.807) is 5.57 Å². The highest BCUT2D eigenvalue weighted by Crippen LogP contribution is 2.48. The summed E-state index contributed by atoms with van der Waals surface area (Å²) < 4.78 is 0. The Morgan fingerprint density at radius 3 is 2.47 bits per heavy atom. The van der Waals surface area contributed by atoms with Gasteiger partial charge in [0.2, 0.25) is 0 Å². The fourth-order valence-electron chi connectivity index (χ4n) is 4.69. The second-order valence-corrected chi connectivity index (χ2v) is 7.27. The van der Waals surface area contributed by atoms with Crippen molar-refractivity contribution in [2.45, 2.75) is 84.1 Å². The molecule has 1 saturated carbocycles. The van der Waals surface area contributed by atoms with Gasteiger partial charge in [-0.3, -0.25) is 0 Å². The summed E-state index contributed by atoms with van der Waals surface area (Å²) in [5.41, 5.74) is 2.29. The van der Waals surface area contributed by atoms with Crippen molar-refractivity contribution in [2.75, 3.05) is 7.05 Å². The molecule has 1 heteroatoms. The minimum atomic E-state index is 0.555. The molecule has 1 fully saturated rings. The number of allylic oxidation sites excluding steroid dienone is 1. The fraction of sp³-hybridized carbons (Fsp3) is 0.889. The van der Waals surface area contributed by atoms with Crippen LogP contribution in [0.5, 0.6) is 0 Å². The summed E-state index contributed by atoms with van der Waals surface area (Å²) in [4.78, 5) is 0. The van der Waals surface area contributed by atoms with E-state index in [0.717, 1.165) is 5.92 Å². The molecule has 0 spiro atoms. The van der Waals surface area contributed by atoms with Crippen LogP contribution in [0.1, 0.15) is 78.1 Å². The molecule has 1 N–H and O–H groups in total. The molecule has 2 aliphatic rings. The molecule has 0 aliphatic heterocycles.